The Kier molecular flexibility index (Phi) is 9.07. The average Bonchev–Trinajstić information content (AvgIpc) is 2.78. The van der Waals surface area contributed by atoms with Crippen LogP contribution in [0.1, 0.15) is 17.3 Å². The van der Waals surface area contributed by atoms with Crippen molar-refractivity contribution in [2.75, 3.05) is 13.2 Å². The standard InChI is InChI=1S/C22H18Br3N3O4S/c1-2-31-17-7-4-13(10-16(17)24)21(30)26-22(33)28-27-19(29)11-32-18-8-3-12-9-14(23)5-6-15(12)20(18)25/h3-10H,2,11H2,1H3,(H,27,29)(H2,26,28,30,33). The Bertz CT molecular complexity index is 1220. The molecule has 0 heterocycles. The molecule has 0 atom stereocenters. The number of ether oxygens (including phenoxy) is 2. The summed E-state index contributed by atoms with van der Waals surface area (Å²) in [5.74, 6) is 0.247. The maximum absolute atomic E-state index is 12.4. The normalized spacial score (nSPS) is 10.4. The Morgan fingerprint density at radius 2 is 1.70 bits per heavy atom. The van der Waals surface area contributed by atoms with E-state index >= 15 is 0 Å². The third kappa shape index (κ3) is 6.89. The predicted molar refractivity (Wildman–Crippen MR) is 141 cm³/mol. The zero-order chi connectivity index (χ0) is 24.0. The van der Waals surface area contributed by atoms with E-state index in [0.29, 0.717) is 28.1 Å². The van der Waals surface area contributed by atoms with Crippen molar-refractivity contribution in [3.05, 3.63) is 67.5 Å². The number of amides is 2. The van der Waals surface area contributed by atoms with Gasteiger partial charge in [-0.25, -0.2) is 0 Å². The summed E-state index contributed by atoms with van der Waals surface area (Å²) < 4.78 is 13.4. The van der Waals surface area contributed by atoms with E-state index in [4.69, 9.17) is 21.7 Å². The van der Waals surface area contributed by atoms with Gasteiger partial charge in [0.15, 0.2) is 11.7 Å². The topological polar surface area (TPSA) is 88.7 Å². The minimum absolute atomic E-state index is 0.0594. The first-order valence-corrected chi connectivity index (χ1v) is 12.4. The number of fused-ring (bicyclic) bond motifs is 1. The van der Waals surface area contributed by atoms with E-state index in [1.54, 1.807) is 24.3 Å². The molecule has 0 radical (unpaired) electrons. The lowest BCUT2D eigenvalue weighted by atomic mass is 10.1. The van der Waals surface area contributed by atoms with Crippen LogP contribution in [0.4, 0.5) is 0 Å². The lowest BCUT2D eigenvalue weighted by Gasteiger charge is -2.13. The van der Waals surface area contributed by atoms with Crippen molar-refractivity contribution in [1.82, 2.24) is 16.2 Å². The van der Waals surface area contributed by atoms with Crippen LogP contribution in [-0.2, 0) is 4.79 Å². The SMILES string of the molecule is CCOc1ccc(C(=O)NC(=S)NNC(=O)COc2ccc3cc(Br)ccc3c2Br)cc1Br. The van der Waals surface area contributed by atoms with Crippen molar-refractivity contribution in [2.24, 2.45) is 0 Å². The molecule has 172 valence electrons. The fourth-order valence-electron chi connectivity index (χ4n) is 2.78. The first-order chi connectivity index (χ1) is 15.8. The first-order valence-electron chi connectivity index (χ1n) is 9.61. The number of halogens is 3. The van der Waals surface area contributed by atoms with E-state index in [9.17, 15) is 9.59 Å². The van der Waals surface area contributed by atoms with Crippen LogP contribution in [0, 0.1) is 0 Å². The van der Waals surface area contributed by atoms with Crippen LogP contribution in [0.3, 0.4) is 0 Å². The highest BCUT2D eigenvalue weighted by Crippen LogP contribution is 2.34. The highest BCUT2D eigenvalue weighted by Gasteiger charge is 2.12. The zero-order valence-corrected chi connectivity index (χ0v) is 22.8. The van der Waals surface area contributed by atoms with Crippen molar-refractivity contribution in [3.8, 4) is 11.5 Å². The van der Waals surface area contributed by atoms with E-state index in [0.717, 1.165) is 19.7 Å². The largest absolute Gasteiger partial charge is 0.493 e. The second-order valence-electron chi connectivity index (χ2n) is 6.57. The van der Waals surface area contributed by atoms with Crippen molar-refractivity contribution >= 4 is 87.7 Å². The van der Waals surface area contributed by atoms with E-state index in [-0.39, 0.29) is 11.7 Å². The van der Waals surface area contributed by atoms with Crippen LogP contribution in [0.5, 0.6) is 11.5 Å². The highest BCUT2D eigenvalue weighted by molar-refractivity contribution is 9.11. The molecule has 3 aromatic carbocycles. The van der Waals surface area contributed by atoms with Gasteiger partial charge in [0.1, 0.15) is 11.5 Å². The molecule has 33 heavy (non-hydrogen) atoms. The van der Waals surface area contributed by atoms with Gasteiger partial charge in [-0.1, -0.05) is 28.1 Å². The van der Waals surface area contributed by atoms with Crippen molar-refractivity contribution in [2.45, 2.75) is 6.92 Å². The summed E-state index contributed by atoms with van der Waals surface area (Å²) in [6, 6.07) is 14.5. The molecule has 0 aliphatic rings. The Balaban J connectivity index is 1.49. The smallest absolute Gasteiger partial charge is 0.276 e. The van der Waals surface area contributed by atoms with E-state index in [1.165, 1.54) is 0 Å². The number of hydrogen-bond donors (Lipinski definition) is 3. The van der Waals surface area contributed by atoms with Gasteiger partial charge in [0.05, 0.1) is 15.6 Å². The molecule has 0 saturated carbocycles. The second kappa shape index (κ2) is 11.8. The molecule has 0 spiro atoms. The maximum Gasteiger partial charge on any atom is 0.276 e. The fraction of sp³-hybridized carbons (Fsp3) is 0.136. The third-order valence-electron chi connectivity index (χ3n) is 4.28. The Labute approximate surface area is 220 Å². The fourth-order valence-corrected chi connectivity index (χ4v) is 4.40. The van der Waals surface area contributed by atoms with Gasteiger partial charge >= 0.3 is 0 Å². The number of thiocarbonyl (C=S) groups is 1. The molecule has 11 heteroatoms. The van der Waals surface area contributed by atoms with Gasteiger partial charge in [-0.2, -0.15) is 0 Å². The summed E-state index contributed by atoms with van der Waals surface area (Å²) in [6.45, 7) is 2.13. The molecule has 0 bridgehead atoms. The molecule has 3 N–H and O–H groups in total. The molecular formula is C22H18Br3N3O4S. The van der Waals surface area contributed by atoms with Gasteiger partial charge in [-0.05, 0) is 98.2 Å². The number of hydrazine groups is 1. The number of rotatable bonds is 6. The molecule has 0 fully saturated rings. The summed E-state index contributed by atoms with van der Waals surface area (Å²) in [6.07, 6.45) is 0. The molecule has 0 saturated heterocycles. The number of hydrogen-bond acceptors (Lipinski definition) is 5. The summed E-state index contributed by atoms with van der Waals surface area (Å²) in [7, 11) is 0. The average molecular weight is 660 g/mol. The number of benzene rings is 3. The van der Waals surface area contributed by atoms with Crippen LogP contribution < -0.4 is 25.6 Å². The summed E-state index contributed by atoms with van der Waals surface area (Å²) in [5, 5.41) is 4.41. The Hall–Kier alpha value is -2.21. The van der Waals surface area contributed by atoms with Gasteiger partial charge in [0, 0.05) is 10.0 Å². The summed E-state index contributed by atoms with van der Waals surface area (Å²) in [5.41, 5.74) is 5.25. The lowest BCUT2D eigenvalue weighted by molar-refractivity contribution is -0.123. The quantitative estimate of drug-likeness (QED) is 0.248. The minimum Gasteiger partial charge on any atom is -0.493 e. The number of carbonyl (C=O) groups excluding carboxylic acids is 2. The van der Waals surface area contributed by atoms with Crippen molar-refractivity contribution in [3.63, 3.8) is 0 Å². The highest BCUT2D eigenvalue weighted by atomic mass is 79.9. The van der Waals surface area contributed by atoms with Gasteiger partial charge in [-0.3, -0.25) is 25.8 Å². The minimum atomic E-state index is -0.474. The van der Waals surface area contributed by atoms with Gasteiger partial charge in [0.2, 0.25) is 0 Å². The Morgan fingerprint density at radius 3 is 2.42 bits per heavy atom. The third-order valence-corrected chi connectivity index (χ3v) is 6.41. The van der Waals surface area contributed by atoms with E-state index < -0.39 is 11.8 Å². The van der Waals surface area contributed by atoms with Crippen LogP contribution in [0.25, 0.3) is 10.8 Å². The van der Waals surface area contributed by atoms with Gasteiger partial charge in [0.25, 0.3) is 11.8 Å². The Morgan fingerprint density at radius 1 is 0.939 bits per heavy atom. The lowest BCUT2D eigenvalue weighted by Crippen LogP contribution is -2.49. The zero-order valence-electron chi connectivity index (χ0n) is 17.2. The monoisotopic (exact) mass is 657 g/mol. The molecular weight excluding hydrogens is 642 g/mol. The molecule has 0 unspecified atom stereocenters. The molecule has 0 aromatic heterocycles. The molecule has 7 nitrogen and oxygen atoms in total. The van der Waals surface area contributed by atoms with Crippen LogP contribution in [-0.4, -0.2) is 30.1 Å². The summed E-state index contributed by atoms with van der Waals surface area (Å²) >= 11 is 15.4. The maximum atomic E-state index is 12.4. The van der Waals surface area contributed by atoms with Crippen molar-refractivity contribution in [1.29, 1.82) is 0 Å². The van der Waals surface area contributed by atoms with Crippen LogP contribution >= 0.6 is 60.0 Å². The van der Waals surface area contributed by atoms with E-state index in [1.807, 2.05) is 31.2 Å². The molecule has 2 amide bonds. The summed E-state index contributed by atoms with van der Waals surface area (Å²) in [4.78, 5) is 24.5. The number of carbonyl (C=O) groups is 2. The second-order valence-corrected chi connectivity index (χ2v) is 9.54. The van der Waals surface area contributed by atoms with Crippen molar-refractivity contribution < 1.29 is 19.1 Å². The molecule has 0 aliphatic carbocycles. The predicted octanol–water partition coefficient (Wildman–Crippen LogP) is 5.24. The molecule has 3 aromatic rings. The number of nitrogens with one attached hydrogen (secondary N) is 3. The van der Waals surface area contributed by atoms with Crippen LogP contribution in [0.15, 0.2) is 61.9 Å². The van der Waals surface area contributed by atoms with Gasteiger partial charge < -0.3 is 9.47 Å². The first kappa shape index (κ1) is 25.4. The van der Waals surface area contributed by atoms with Crippen LogP contribution in [0.2, 0.25) is 0 Å². The molecule has 0 aliphatic heterocycles. The van der Waals surface area contributed by atoms with Gasteiger partial charge in [-0.15, -0.1) is 0 Å². The van der Waals surface area contributed by atoms with E-state index in [2.05, 4.69) is 64.0 Å². The molecule has 3 rings (SSSR count).